The molecule has 0 amide bonds. The zero-order valence-electron chi connectivity index (χ0n) is 33.6. The van der Waals surface area contributed by atoms with Gasteiger partial charge in [0.1, 0.15) is 24.6 Å². The van der Waals surface area contributed by atoms with Gasteiger partial charge in [0.2, 0.25) is 5.36 Å². The summed E-state index contributed by atoms with van der Waals surface area (Å²) in [4.78, 5) is 30.0. The molecular weight excluding hydrogens is 795 g/mol. The van der Waals surface area contributed by atoms with Gasteiger partial charge in [-0.1, -0.05) is 36.0 Å². The number of benzene rings is 3. The molecular formula is C47H56Cl3N2O6+. The Labute approximate surface area is 357 Å². The topological polar surface area (TPSA) is 88.3 Å². The number of nitrogens with zero attached hydrogens (tertiary/aromatic N) is 2. The van der Waals surface area contributed by atoms with Gasteiger partial charge in [0, 0.05) is 95.7 Å². The Bertz CT molecular complexity index is 2200. The first-order chi connectivity index (χ1) is 28.4. The highest BCUT2D eigenvalue weighted by Crippen LogP contribution is 2.50. The number of carboxylic acid groups (broad SMARTS) is 1. The summed E-state index contributed by atoms with van der Waals surface area (Å²) in [5.74, 6) is 0.905. The van der Waals surface area contributed by atoms with Crippen LogP contribution in [0.15, 0.2) is 18.2 Å². The third kappa shape index (κ3) is 8.43. The molecule has 0 spiro atoms. The number of Topliss-reactive ketones (excluding diaryl/α,β-unsaturated/α-hetero) is 1. The third-order valence-electron chi connectivity index (χ3n) is 12.7. The van der Waals surface area contributed by atoms with Crippen LogP contribution in [0.5, 0.6) is 11.5 Å². The van der Waals surface area contributed by atoms with Crippen LogP contribution < -0.4 is 24.8 Å². The Morgan fingerprint density at radius 2 is 1.47 bits per heavy atom. The molecule has 0 saturated heterocycles. The maximum atomic E-state index is 14.1. The monoisotopic (exact) mass is 849 g/mol. The quantitative estimate of drug-likeness (QED) is 0.0521. The number of ketones is 1. The molecule has 0 bridgehead atoms. The van der Waals surface area contributed by atoms with Gasteiger partial charge < -0.3 is 24.2 Å². The zero-order valence-corrected chi connectivity index (χ0v) is 35.9. The highest BCUT2D eigenvalue weighted by Gasteiger charge is 2.37. The predicted molar refractivity (Wildman–Crippen MR) is 232 cm³/mol. The van der Waals surface area contributed by atoms with E-state index < -0.39 is 5.97 Å². The second-order valence-electron chi connectivity index (χ2n) is 16.5. The minimum Gasteiger partial charge on any atom is -0.478 e. The van der Waals surface area contributed by atoms with E-state index >= 15 is 0 Å². The van der Waals surface area contributed by atoms with E-state index in [1.54, 1.807) is 0 Å². The lowest BCUT2D eigenvalue weighted by atomic mass is 9.83. The minimum atomic E-state index is -1.18. The van der Waals surface area contributed by atoms with Gasteiger partial charge in [-0.15, -0.1) is 11.6 Å². The van der Waals surface area contributed by atoms with Crippen molar-refractivity contribution in [3.63, 3.8) is 0 Å². The number of halogens is 3. The van der Waals surface area contributed by atoms with Crippen molar-refractivity contribution in [3.8, 4) is 11.5 Å². The maximum absolute atomic E-state index is 14.1. The Morgan fingerprint density at radius 1 is 0.759 bits per heavy atom. The van der Waals surface area contributed by atoms with Crippen molar-refractivity contribution in [1.29, 1.82) is 0 Å². The van der Waals surface area contributed by atoms with Crippen LogP contribution in [0.2, 0.25) is 10.0 Å². The second-order valence-corrected chi connectivity index (χ2v) is 17.7. The number of rotatable bonds is 16. The summed E-state index contributed by atoms with van der Waals surface area (Å²) in [6.45, 7) is 6.11. The first kappa shape index (κ1) is 41.6. The molecule has 8 nitrogen and oxygen atoms in total. The van der Waals surface area contributed by atoms with Crippen molar-refractivity contribution in [3.05, 3.63) is 83.3 Å². The molecule has 11 heteroatoms. The van der Waals surface area contributed by atoms with E-state index in [0.29, 0.717) is 49.9 Å². The molecule has 3 aromatic carbocycles. The average Bonchev–Trinajstić information content (AvgIpc) is 3.67. The number of carboxylic acids is 1. The molecule has 0 aromatic heterocycles. The van der Waals surface area contributed by atoms with Crippen LogP contribution in [0.3, 0.4) is 0 Å². The van der Waals surface area contributed by atoms with Gasteiger partial charge in [-0.25, -0.2) is 9.37 Å². The van der Waals surface area contributed by atoms with Crippen LogP contribution in [0, 0.1) is 0 Å². The number of fused-ring (bicyclic) bond motifs is 4. The number of alkyl halides is 1. The molecule has 0 aliphatic carbocycles. The fourth-order valence-electron chi connectivity index (χ4n) is 9.97. The number of ether oxygens (including phenoxy) is 3. The molecule has 5 aliphatic heterocycles. The van der Waals surface area contributed by atoms with Crippen molar-refractivity contribution in [2.24, 2.45) is 0 Å². The largest absolute Gasteiger partial charge is 0.478 e. The molecule has 0 fully saturated rings. The summed E-state index contributed by atoms with van der Waals surface area (Å²) in [5.41, 5.74) is 8.19. The average molecular weight is 851 g/mol. The molecule has 8 rings (SSSR count). The summed E-state index contributed by atoms with van der Waals surface area (Å²) in [7, 11) is 0. The van der Waals surface area contributed by atoms with Gasteiger partial charge in [0.05, 0.1) is 34.4 Å². The van der Waals surface area contributed by atoms with Gasteiger partial charge in [-0.3, -0.25) is 4.79 Å². The lowest BCUT2D eigenvalue weighted by Gasteiger charge is -2.31. The van der Waals surface area contributed by atoms with E-state index in [2.05, 4.69) is 21.6 Å². The van der Waals surface area contributed by atoms with E-state index in [9.17, 15) is 14.7 Å². The van der Waals surface area contributed by atoms with Gasteiger partial charge in [0.25, 0.3) is 0 Å². The molecule has 5 aliphatic rings. The first-order valence-corrected chi connectivity index (χ1v) is 23.1. The SMILES string of the molecule is O=C(CCCOCCOCCCCCCCl)c1cc(Cl)c(C(=O)O)c(C2=c3cc4c5c(c3Oc3c2cc2c6c3CCCCN6CCCC2)CCCC[N+]=5CCC4)c1Cl. The number of anilines is 1. The predicted octanol–water partition coefficient (Wildman–Crippen LogP) is 9.09. The summed E-state index contributed by atoms with van der Waals surface area (Å²) in [5, 5.41) is 13.2. The standard InChI is InChI=1S/C47H55Cl3N2O6/c48-18-6-1-2-10-23-56-25-26-57-24-12-17-38(53)34-29-37(49)40(47(54)55)41(42(34)50)39-35-27-30-13-3-7-19-51-20-8-4-15-32(43(30)51)45(35)58-46-33-16-5-9-21-52-22-11-14-31(44(33)52)28-36(39)46/h27-29H,1-26H2/p+1. The van der Waals surface area contributed by atoms with Crippen LogP contribution in [0.4, 0.5) is 5.69 Å². The minimum absolute atomic E-state index is 0.00486. The van der Waals surface area contributed by atoms with E-state index in [-0.39, 0.29) is 33.4 Å². The maximum Gasteiger partial charge on any atom is 0.337 e. The molecule has 0 unspecified atom stereocenters. The van der Waals surface area contributed by atoms with Gasteiger partial charge in [0.15, 0.2) is 5.78 Å². The lowest BCUT2D eigenvalue weighted by Crippen LogP contribution is -2.41. The Balaban J connectivity index is 1.21. The summed E-state index contributed by atoms with van der Waals surface area (Å²) in [6, 6.07) is 5.92. The second kappa shape index (κ2) is 19.1. The van der Waals surface area contributed by atoms with Crippen LogP contribution >= 0.6 is 34.8 Å². The van der Waals surface area contributed by atoms with E-state index in [1.165, 1.54) is 39.4 Å². The van der Waals surface area contributed by atoms with Crippen molar-refractivity contribution >= 4 is 57.8 Å². The van der Waals surface area contributed by atoms with E-state index in [4.69, 9.17) is 49.0 Å². The smallest absolute Gasteiger partial charge is 0.337 e. The number of hydrogen-bond donors (Lipinski definition) is 1. The molecule has 0 saturated carbocycles. The van der Waals surface area contributed by atoms with Gasteiger partial charge in [-0.05, 0) is 101 Å². The zero-order chi connectivity index (χ0) is 40.2. The Hall–Kier alpha value is -3.14. The van der Waals surface area contributed by atoms with Crippen LogP contribution in [-0.2, 0) is 35.2 Å². The number of aromatic carboxylic acids is 1. The van der Waals surface area contributed by atoms with Gasteiger partial charge in [-0.2, -0.15) is 0 Å². The Morgan fingerprint density at radius 3 is 2.26 bits per heavy atom. The lowest BCUT2D eigenvalue weighted by molar-refractivity contribution is 0.0447. The molecule has 5 heterocycles. The van der Waals surface area contributed by atoms with E-state index in [0.717, 1.165) is 145 Å². The van der Waals surface area contributed by atoms with E-state index in [1.807, 2.05) is 0 Å². The molecule has 1 N–H and O–H groups in total. The van der Waals surface area contributed by atoms with Crippen molar-refractivity contribution in [2.45, 2.75) is 109 Å². The van der Waals surface area contributed by atoms with Crippen molar-refractivity contribution in [1.82, 2.24) is 4.58 Å². The Kier molecular flexibility index (Phi) is 13.7. The number of unbranched alkanes of at least 4 members (excludes halogenated alkanes) is 3. The summed E-state index contributed by atoms with van der Waals surface area (Å²) >= 11 is 20.2. The summed E-state index contributed by atoms with van der Waals surface area (Å²) in [6.07, 6.45) is 16.1. The fraction of sp³-hybridized carbons (Fsp3) is 0.553. The molecule has 3 aromatic rings. The number of carbonyl (C=O) groups excluding carboxylic acids is 1. The highest BCUT2D eigenvalue weighted by atomic mass is 35.5. The highest BCUT2D eigenvalue weighted by molar-refractivity contribution is 6.40. The number of aryl methyl sites for hydroxylation is 2. The normalized spacial score (nSPS) is 17.0. The fourth-order valence-corrected chi connectivity index (χ4v) is 10.8. The van der Waals surface area contributed by atoms with Crippen molar-refractivity contribution in [2.75, 3.05) is 63.4 Å². The van der Waals surface area contributed by atoms with Gasteiger partial charge >= 0.3 is 5.97 Å². The first-order valence-electron chi connectivity index (χ1n) is 21.8. The molecule has 0 radical (unpaired) electrons. The third-order valence-corrected chi connectivity index (χ3v) is 13.6. The summed E-state index contributed by atoms with van der Waals surface area (Å²) < 4.78 is 21.3. The molecule has 0 atom stereocenters. The number of carbonyl (C=O) groups is 2. The van der Waals surface area contributed by atoms with Crippen LogP contribution in [-0.4, -0.2) is 75.3 Å². The van der Waals surface area contributed by atoms with Crippen LogP contribution in [0.1, 0.15) is 138 Å². The van der Waals surface area contributed by atoms with Crippen molar-refractivity contribution < 1.29 is 28.9 Å². The number of hydrogen-bond acceptors (Lipinski definition) is 6. The molecule has 310 valence electrons. The molecule has 58 heavy (non-hydrogen) atoms. The van der Waals surface area contributed by atoms with Crippen LogP contribution in [0.25, 0.3) is 5.57 Å².